The maximum atomic E-state index is 11.7. The van der Waals surface area contributed by atoms with E-state index in [1.165, 1.54) is 0 Å². The van der Waals surface area contributed by atoms with E-state index in [4.69, 9.17) is 11.6 Å². The van der Waals surface area contributed by atoms with Crippen molar-refractivity contribution in [2.24, 2.45) is 0 Å². The van der Waals surface area contributed by atoms with Crippen LogP contribution in [0.5, 0.6) is 0 Å². The van der Waals surface area contributed by atoms with Gasteiger partial charge in [0.15, 0.2) is 0 Å². The van der Waals surface area contributed by atoms with Gasteiger partial charge in [-0.15, -0.1) is 0 Å². The van der Waals surface area contributed by atoms with E-state index in [2.05, 4.69) is 0 Å². The topological polar surface area (TPSA) is 37.3 Å². The van der Waals surface area contributed by atoms with Crippen LogP contribution in [0.15, 0.2) is 29.2 Å². The molecule has 0 bridgehead atoms. The SMILES string of the molecule is O=S1CCC=C(O)c2cc(Cl)ccc21. The van der Waals surface area contributed by atoms with Crippen LogP contribution in [0.4, 0.5) is 0 Å². The zero-order valence-corrected chi connectivity index (χ0v) is 8.94. The Kier molecular flexibility index (Phi) is 2.61. The summed E-state index contributed by atoms with van der Waals surface area (Å²) in [6.07, 6.45) is 2.31. The predicted molar refractivity (Wildman–Crippen MR) is 58.0 cm³/mol. The van der Waals surface area contributed by atoms with Crippen LogP contribution in [0.3, 0.4) is 0 Å². The van der Waals surface area contributed by atoms with E-state index in [9.17, 15) is 9.32 Å². The summed E-state index contributed by atoms with van der Waals surface area (Å²) < 4.78 is 11.7. The van der Waals surface area contributed by atoms with Gasteiger partial charge in [0.25, 0.3) is 0 Å². The lowest BCUT2D eigenvalue weighted by atomic mass is 10.1. The number of allylic oxidation sites excluding steroid dienone is 1. The highest BCUT2D eigenvalue weighted by atomic mass is 35.5. The lowest BCUT2D eigenvalue weighted by molar-refractivity contribution is 0.508. The first kappa shape index (κ1) is 9.74. The van der Waals surface area contributed by atoms with Crippen molar-refractivity contribution in [2.75, 3.05) is 5.75 Å². The molecule has 0 amide bonds. The quantitative estimate of drug-likeness (QED) is 0.742. The molecule has 74 valence electrons. The van der Waals surface area contributed by atoms with Crippen molar-refractivity contribution < 1.29 is 9.32 Å². The molecule has 0 fully saturated rings. The Hall–Kier alpha value is -0.800. The minimum Gasteiger partial charge on any atom is -0.508 e. The summed E-state index contributed by atoms with van der Waals surface area (Å²) in [6, 6.07) is 5.05. The first-order valence-corrected chi connectivity index (χ1v) is 5.95. The summed E-state index contributed by atoms with van der Waals surface area (Å²) in [6.45, 7) is 0. The fourth-order valence-corrected chi connectivity index (χ4v) is 2.78. The van der Waals surface area contributed by atoms with Crippen molar-refractivity contribution in [1.82, 2.24) is 0 Å². The van der Waals surface area contributed by atoms with E-state index in [1.54, 1.807) is 24.3 Å². The normalized spacial score (nSPS) is 20.9. The van der Waals surface area contributed by atoms with Crippen LogP contribution >= 0.6 is 11.6 Å². The minimum atomic E-state index is -1.03. The maximum absolute atomic E-state index is 11.7. The molecule has 1 aliphatic rings. The fourth-order valence-electron chi connectivity index (χ4n) is 1.42. The van der Waals surface area contributed by atoms with Gasteiger partial charge in [0, 0.05) is 21.2 Å². The molecule has 0 aliphatic carbocycles. The lowest BCUT2D eigenvalue weighted by Crippen LogP contribution is -1.97. The van der Waals surface area contributed by atoms with Gasteiger partial charge in [0.2, 0.25) is 0 Å². The summed E-state index contributed by atoms with van der Waals surface area (Å²) in [5.41, 5.74) is 0.591. The largest absolute Gasteiger partial charge is 0.508 e. The third kappa shape index (κ3) is 1.70. The van der Waals surface area contributed by atoms with Crippen LogP contribution in [0, 0.1) is 0 Å². The Balaban J connectivity index is 2.64. The molecule has 1 N–H and O–H groups in total. The summed E-state index contributed by atoms with van der Waals surface area (Å²) in [7, 11) is -1.03. The van der Waals surface area contributed by atoms with Crippen molar-refractivity contribution >= 4 is 28.2 Å². The summed E-state index contributed by atoms with van der Waals surface area (Å²) in [5.74, 6) is 0.729. The molecular weight excluding hydrogens is 220 g/mol. The van der Waals surface area contributed by atoms with Gasteiger partial charge in [-0.05, 0) is 30.7 Å². The second-order valence-electron chi connectivity index (χ2n) is 3.07. The van der Waals surface area contributed by atoms with Crippen LogP contribution in [0.1, 0.15) is 12.0 Å². The number of aliphatic hydroxyl groups excluding tert-OH is 1. The Bertz CT molecular complexity index is 426. The van der Waals surface area contributed by atoms with Gasteiger partial charge in [-0.2, -0.15) is 0 Å². The molecule has 1 heterocycles. The third-order valence-corrected chi connectivity index (χ3v) is 3.79. The van der Waals surface area contributed by atoms with E-state index < -0.39 is 10.8 Å². The van der Waals surface area contributed by atoms with Gasteiger partial charge >= 0.3 is 0 Å². The monoisotopic (exact) mass is 228 g/mol. The Labute approximate surface area is 89.7 Å². The molecule has 4 heteroatoms. The van der Waals surface area contributed by atoms with Gasteiger partial charge in [-0.1, -0.05) is 11.6 Å². The van der Waals surface area contributed by atoms with E-state index >= 15 is 0 Å². The maximum Gasteiger partial charge on any atom is 0.120 e. The van der Waals surface area contributed by atoms with E-state index in [1.807, 2.05) is 0 Å². The van der Waals surface area contributed by atoms with Crippen molar-refractivity contribution in [3.05, 3.63) is 34.9 Å². The zero-order chi connectivity index (χ0) is 10.1. The van der Waals surface area contributed by atoms with Crippen molar-refractivity contribution in [1.29, 1.82) is 0 Å². The first-order chi connectivity index (χ1) is 6.68. The van der Waals surface area contributed by atoms with Gasteiger partial charge in [0.05, 0.1) is 10.8 Å². The summed E-state index contributed by atoms with van der Waals surface area (Å²) in [5, 5.41) is 10.2. The Morgan fingerprint density at radius 3 is 3.00 bits per heavy atom. The van der Waals surface area contributed by atoms with Crippen molar-refractivity contribution in [3.8, 4) is 0 Å². The smallest absolute Gasteiger partial charge is 0.120 e. The van der Waals surface area contributed by atoms with Gasteiger partial charge in [-0.3, -0.25) is 4.21 Å². The zero-order valence-electron chi connectivity index (χ0n) is 7.37. The van der Waals surface area contributed by atoms with E-state index in [0.29, 0.717) is 27.7 Å². The fraction of sp³-hybridized carbons (Fsp3) is 0.200. The Morgan fingerprint density at radius 2 is 2.21 bits per heavy atom. The molecule has 14 heavy (non-hydrogen) atoms. The predicted octanol–water partition coefficient (Wildman–Crippen LogP) is 2.75. The summed E-state index contributed by atoms with van der Waals surface area (Å²) >= 11 is 5.81. The third-order valence-electron chi connectivity index (χ3n) is 2.10. The highest BCUT2D eigenvalue weighted by Gasteiger charge is 2.16. The molecule has 1 aromatic rings. The van der Waals surface area contributed by atoms with Crippen LogP contribution < -0.4 is 0 Å². The van der Waals surface area contributed by atoms with Crippen molar-refractivity contribution in [2.45, 2.75) is 11.3 Å². The number of rotatable bonds is 0. The highest BCUT2D eigenvalue weighted by molar-refractivity contribution is 7.85. The Morgan fingerprint density at radius 1 is 1.43 bits per heavy atom. The number of halogens is 1. The van der Waals surface area contributed by atoms with Gasteiger partial charge in [0.1, 0.15) is 5.76 Å². The summed E-state index contributed by atoms with van der Waals surface area (Å²) in [4.78, 5) is 0.667. The molecule has 0 saturated heterocycles. The molecule has 1 unspecified atom stereocenters. The standard InChI is InChI=1S/C10H9ClO2S/c11-7-3-4-10-8(6-7)9(12)2-1-5-14(10)13/h2-4,6,12H,1,5H2. The van der Waals surface area contributed by atoms with Crippen LogP contribution in [0.25, 0.3) is 5.76 Å². The molecular formula is C10H9ClO2S. The van der Waals surface area contributed by atoms with Gasteiger partial charge in [-0.25, -0.2) is 0 Å². The van der Waals surface area contributed by atoms with Gasteiger partial charge < -0.3 is 5.11 Å². The second-order valence-corrected chi connectivity index (χ2v) is 5.04. The van der Waals surface area contributed by atoms with E-state index in [-0.39, 0.29) is 5.76 Å². The number of hydrogen-bond donors (Lipinski definition) is 1. The molecule has 0 spiro atoms. The second kappa shape index (κ2) is 3.75. The van der Waals surface area contributed by atoms with Crippen molar-refractivity contribution in [3.63, 3.8) is 0 Å². The molecule has 1 aromatic carbocycles. The van der Waals surface area contributed by atoms with Crippen LogP contribution in [-0.2, 0) is 10.8 Å². The minimum absolute atomic E-state index is 0.174. The molecule has 2 rings (SSSR count). The average molecular weight is 229 g/mol. The molecule has 0 saturated carbocycles. The number of aliphatic hydroxyl groups is 1. The highest BCUT2D eigenvalue weighted by Crippen LogP contribution is 2.27. The molecule has 1 atom stereocenters. The van der Waals surface area contributed by atoms with E-state index in [0.717, 1.165) is 0 Å². The number of benzene rings is 1. The average Bonchev–Trinajstić information content (AvgIpc) is 2.28. The lowest BCUT2D eigenvalue weighted by Gasteiger charge is -2.05. The molecule has 0 radical (unpaired) electrons. The molecule has 2 nitrogen and oxygen atoms in total. The first-order valence-electron chi connectivity index (χ1n) is 4.26. The van der Waals surface area contributed by atoms with Crippen LogP contribution in [-0.4, -0.2) is 15.1 Å². The van der Waals surface area contributed by atoms with Crippen LogP contribution in [0.2, 0.25) is 5.02 Å². The molecule has 0 aromatic heterocycles. The number of fused-ring (bicyclic) bond motifs is 1. The molecule has 1 aliphatic heterocycles. The number of hydrogen-bond acceptors (Lipinski definition) is 2.